The van der Waals surface area contributed by atoms with Gasteiger partial charge in [-0.25, -0.2) is 9.78 Å². The van der Waals surface area contributed by atoms with Crippen LogP contribution in [-0.4, -0.2) is 48.8 Å². The van der Waals surface area contributed by atoms with Crippen LogP contribution in [0.15, 0.2) is 12.3 Å². The van der Waals surface area contributed by atoms with Crippen LogP contribution in [0.2, 0.25) is 0 Å². The molecule has 1 aliphatic heterocycles. The largest absolute Gasteiger partial charge is 0.467 e. The smallest absolute Gasteiger partial charge is 0.336 e. The molecule has 1 unspecified atom stereocenters. The maximum atomic E-state index is 11.5. The van der Waals surface area contributed by atoms with E-state index in [9.17, 15) is 14.9 Å². The molecule has 0 N–H and O–H groups in total. The third-order valence-corrected chi connectivity index (χ3v) is 3.00. The second-order valence-corrected chi connectivity index (χ2v) is 4.26. The molecule has 0 aliphatic carbocycles. The normalized spacial score (nSPS) is 17.9. The fourth-order valence-electron chi connectivity index (χ4n) is 2.00. The number of rotatable bonds is 3. The number of pyridine rings is 1. The number of hydrogen-bond donors (Lipinski definition) is 0. The summed E-state index contributed by atoms with van der Waals surface area (Å²) in [6.45, 7) is 0.679. The molecule has 110 valence electrons. The minimum absolute atomic E-state index is 0.100. The van der Waals surface area contributed by atoms with Gasteiger partial charge in [-0.15, -0.1) is 0 Å². The number of esters is 1. The first kappa shape index (κ1) is 14.7. The molecule has 0 bridgehead atoms. The average Bonchev–Trinajstić information content (AvgIpc) is 2.53. The Morgan fingerprint density at radius 2 is 2.48 bits per heavy atom. The van der Waals surface area contributed by atoms with Gasteiger partial charge in [0, 0.05) is 18.8 Å². The van der Waals surface area contributed by atoms with Crippen molar-refractivity contribution in [1.29, 1.82) is 5.26 Å². The molecule has 9 nitrogen and oxygen atoms in total. The number of nitriles is 1. The summed E-state index contributed by atoms with van der Waals surface area (Å²) in [4.78, 5) is 27.5. The molecule has 0 aromatic carbocycles. The highest BCUT2D eigenvalue weighted by atomic mass is 16.6. The maximum Gasteiger partial charge on any atom is 0.336 e. The van der Waals surface area contributed by atoms with E-state index in [2.05, 4.69) is 9.72 Å². The molecule has 1 aliphatic rings. The minimum Gasteiger partial charge on any atom is -0.467 e. The second kappa shape index (κ2) is 6.15. The van der Waals surface area contributed by atoms with Crippen molar-refractivity contribution < 1.29 is 19.2 Å². The Hall–Kier alpha value is -2.73. The number of morpholine rings is 1. The first-order valence-electron chi connectivity index (χ1n) is 6.05. The molecule has 1 atom stereocenters. The molecule has 1 aromatic heterocycles. The summed E-state index contributed by atoms with van der Waals surface area (Å²) in [7, 11) is 1.24. The molecule has 1 saturated heterocycles. The van der Waals surface area contributed by atoms with Crippen molar-refractivity contribution >= 4 is 17.5 Å². The van der Waals surface area contributed by atoms with E-state index in [-0.39, 0.29) is 30.2 Å². The Bertz CT molecular complexity index is 612. The van der Waals surface area contributed by atoms with Crippen LogP contribution in [0.4, 0.5) is 11.5 Å². The lowest BCUT2D eigenvalue weighted by atomic mass is 10.2. The molecule has 2 heterocycles. The van der Waals surface area contributed by atoms with Crippen LogP contribution in [-0.2, 0) is 14.3 Å². The van der Waals surface area contributed by atoms with Crippen LogP contribution in [0.3, 0.4) is 0 Å². The third-order valence-electron chi connectivity index (χ3n) is 3.00. The third kappa shape index (κ3) is 3.06. The van der Waals surface area contributed by atoms with E-state index in [4.69, 9.17) is 10.00 Å². The van der Waals surface area contributed by atoms with Gasteiger partial charge in [-0.1, -0.05) is 0 Å². The van der Waals surface area contributed by atoms with E-state index in [0.717, 1.165) is 6.07 Å². The lowest BCUT2D eigenvalue weighted by molar-refractivity contribution is -0.384. The zero-order chi connectivity index (χ0) is 15.4. The van der Waals surface area contributed by atoms with E-state index in [1.165, 1.54) is 13.3 Å². The number of aromatic nitrogens is 1. The molecular weight excluding hydrogens is 280 g/mol. The van der Waals surface area contributed by atoms with Gasteiger partial charge >= 0.3 is 11.7 Å². The Kier molecular flexibility index (Phi) is 4.30. The summed E-state index contributed by atoms with van der Waals surface area (Å²) < 4.78 is 9.86. The predicted octanol–water partition coefficient (Wildman–Crippen LogP) is 0.240. The van der Waals surface area contributed by atoms with Crippen molar-refractivity contribution in [1.82, 2.24) is 4.98 Å². The van der Waals surface area contributed by atoms with Gasteiger partial charge in [0.05, 0.1) is 30.7 Å². The molecule has 0 saturated carbocycles. The number of methoxy groups -OCH3 is 1. The summed E-state index contributed by atoms with van der Waals surface area (Å²) in [5.41, 5.74) is -0.178. The Morgan fingerprint density at radius 3 is 3.10 bits per heavy atom. The summed E-state index contributed by atoms with van der Waals surface area (Å²) >= 11 is 0. The van der Waals surface area contributed by atoms with Gasteiger partial charge in [0.15, 0.2) is 6.10 Å². The highest BCUT2D eigenvalue weighted by Crippen LogP contribution is 2.27. The molecule has 1 aromatic rings. The molecule has 0 spiro atoms. The number of anilines is 1. The van der Waals surface area contributed by atoms with Crippen LogP contribution in [0, 0.1) is 21.4 Å². The van der Waals surface area contributed by atoms with Gasteiger partial charge in [0.25, 0.3) is 0 Å². The van der Waals surface area contributed by atoms with Crippen molar-refractivity contribution in [3.05, 3.63) is 27.9 Å². The number of nitro groups is 1. The molecule has 21 heavy (non-hydrogen) atoms. The summed E-state index contributed by atoms with van der Waals surface area (Å²) in [5, 5.41) is 19.9. The summed E-state index contributed by atoms with van der Waals surface area (Å²) in [6, 6.07) is 2.96. The second-order valence-electron chi connectivity index (χ2n) is 4.26. The molecular formula is C12H12N4O5. The zero-order valence-corrected chi connectivity index (χ0v) is 11.2. The fourth-order valence-corrected chi connectivity index (χ4v) is 2.00. The number of carbonyl (C=O) groups excluding carboxylic acids is 1. The molecule has 2 rings (SSSR count). The lowest BCUT2D eigenvalue weighted by Crippen LogP contribution is -2.47. The predicted molar refractivity (Wildman–Crippen MR) is 69.6 cm³/mol. The van der Waals surface area contributed by atoms with Crippen molar-refractivity contribution in [2.75, 3.05) is 31.7 Å². The first-order valence-corrected chi connectivity index (χ1v) is 6.05. The average molecular weight is 292 g/mol. The van der Waals surface area contributed by atoms with Crippen LogP contribution >= 0.6 is 0 Å². The number of nitrogens with zero attached hydrogens (tertiary/aromatic N) is 4. The monoisotopic (exact) mass is 292 g/mol. The summed E-state index contributed by atoms with van der Waals surface area (Å²) in [5.74, 6) is -0.438. The Labute approximate surface area is 119 Å². The summed E-state index contributed by atoms with van der Waals surface area (Å²) in [6.07, 6.45) is 0.436. The lowest BCUT2D eigenvalue weighted by Gasteiger charge is -2.31. The first-order chi connectivity index (χ1) is 10.1. The number of ether oxygens (including phenoxy) is 2. The highest BCUT2D eigenvalue weighted by molar-refractivity contribution is 5.76. The van der Waals surface area contributed by atoms with E-state index >= 15 is 0 Å². The highest BCUT2D eigenvalue weighted by Gasteiger charge is 2.31. The number of hydrogen-bond acceptors (Lipinski definition) is 8. The molecule has 0 radical (unpaired) electrons. The topological polar surface area (TPSA) is 119 Å². The molecule has 9 heteroatoms. The van der Waals surface area contributed by atoms with E-state index in [0.29, 0.717) is 6.54 Å². The number of carbonyl (C=O) groups is 1. The van der Waals surface area contributed by atoms with Gasteiger partial charge in [0.1, 0.15) is 6.07 Å². The van der Waals surface area contributed by atoms with Crippen LogP contribution in [0.25, 0.3) is 0 Å². The van der Waals surface area contributed by atoms with Crippen molar-refractivity contribution in [3.8, 4) is 6.07 Å². The molecule has 0 amide bonds. The van der Waals surface area contributed by atoms with Gasteiger partial charge in [0.2, 0.25) is 5.82 Å². The van der Waals surface area contributed by atoms with E-state index < -0.39 is 17.0 Å². The van der Waals surface area contributed by atoms with Crippen molar-refractivity contribution in [2.45, 2.75) is 6.10 Å². The van der Waals surface area contributed by atoms with Gasteiger partial charge in [-0.3, -0.25) is 10.1 Å². The SMILES string of the molecule is COC(=O)C1CN(c2ncc(C#N)cc2[N+](=O)[O-])CCO1. The Balaban J connectivity index is 2.31. The maximum absolute atomic E-state index is 11.5. The van der Waals surface area contributed by atoms with Gasteiger partial charge in [-0.05, 0) is 0 Å². The molecule has 1 fully saturated rings. The van der Waals surface area contributed by atoms with Gasteiger partial charge in [-0.2, -0.15) is 5.26 Å². The Morgan fingerprint density at radius 1 is 1.71 bits per heavy atom. The minimum atomic E-state index is -0.819. The zero-order valence-electron chi connectivity index (χ0n) is 11.2. The van der Waals surface area contributed by atoms with Crippen molar-refractivity contribution in [3.63, 3.8) is 0 Å². The van der Waals surface area contributed by atoms with E-state index in [1.807, 2.05) is 0 Å². The van der Waals surface area contributed by atoms with Gasteiger partial charge < -0.3 is 14.4 Å². The van der Waals surface area contributed by atoms with Crippen molar-refractivity contribution in [2.24, 2.45) is 0 Å². The fraction of sp³-hybridized carbons (Fsp3) is 0.417. The quantitative estimate of drug-likeness (QED) is 0.441. The van der Waals surface area contributed by atoms with E-state index in [1.54, 1.807) is 11.0 Å². The van der Waals surface area contributed by atoms with Crippen LogP contribution < -0.4 is 4.90 Å². The van der Waals surface area contributed by atoms with Crippen LogP contribution in [0.5, 0.6) is 0 Å². The van der Waals surface area contributed by atoms with Crippen LogP contribution in [0.1, 0.15) is 5.56 Å². The standard InChI is InChI=1S/C12H12N4O5/c1-20-12(17)10-7-15(2-3-21-10)11-9(16(18)19)4-8(5-13)6-14-11/h4,6,10H,2-3,7H2,1H3.